The molecule has 3 nitrogen and oxygen atoms in total. The molecule has 116 valence electrons. The van der Waals surface area contributed by atoms with E-state index >= 15 is 0 Å². The zero-order valence-electron chi connectivity index (χ0n) is 12.8. The zero-order chi connectivity index (χ0) is 16.4. The Morgan fingerprint density at radius 1 is 1.13 bits per heavy atom. The molecule has 0 saturated carbocycles. The summed E-state index contributed by atoms with van der Waals surface area (Å²) in [6, 6.07) is 12.0. The second kappa shape index (κ2) is 6.38. The van der Waals surface area contributed by atoms with Gasteiger partial charge in [-0.25, -0.2) is 9.38 Å². The van der Waals surface area contributed by atoms with Crippen molar-refractivity contribution in [1.29, 1.82) is 0 Å². The highest BCUT2D eigenvalue weighted by atomic mass is 32.2. The monoisotopic (exact) mass is 326 g/mol. The third-order valence-corrected chi connectivity index (χ3v) is 4.32. The summed E-state index contributed by atoms with van der Waals surface area (Å²) in [5.41, 5.74) is 3.79. The van der Waals surface area contributed by atoms with Gasteiger partial charge in [-0.05, 0) is 66.6 Å². The van der Waals surface area contributed by atoms with Crippen molar-refractivity contribution in [1.82, 2.24) is 5.32 Å². The molecule has 0 radical (unpaired) electrons. The first-order valence-corrected chi connectivity index (χ1v) is 7.95. The summed E-state index contributed by atoms with van der Waals surface area (Å²) in [5.74, 6) is -0.490. The van der Waals surface area contributed by atoms with Crippen LogP contribution >= 0.6 is 11.8 Å². The van der Waals surface area contributed by atoms with E-state index in [-0.39, 0.29) is 11.7 Å². The molecule has 1 saturated heterocycles. The van der Waals surface area contributed by atoms with Gasteiger partial charge in [-0.3, -0.25) is 4.79 Å². The second-order valence-corrected chi connectivity index (χ2v) is 6.35. The van der Waals surface area contributed by atoms with Crippen LogP contribution in [0.5, 0.6) is 0 Å². The summed E-state index contributed by atoms with van der Waals surface area (Å²) in [6.45, 7) is 3.99. The molecular weight excluding hydrogens is 311 g/mol. The van der Waals surface area contributed by atoms with E-state index in [9.17, 15) is 9.18 Å². The molecule has 1 heterocycles. The SMILES string of the molecule is Cc1ccc(C)c(N=C2NC(=O)/C(=C\c3ccc(F)cc3)S2)c1. The van der Waals surface area contributed by atoms with Gasteiger partial charge in [0.05, 0.1) is 10.6 Å². The number of carbonyl (C=O) groups is 1. The fourth-order valence-corrected chi connectivity index (χ4v) is 2.97. The number of amidine groups is 1. The lowest BCUT2D eigenvalue weighted by Gasteiger charge is -2.02. The summed E-state index contributed by atoms with van der Waals surface area (Å²) < 4.78 is 12.9. The summed E-state index contributed by atoms with van der Waals surface area (Å²) >= 11 is 1.28. The lowest BCUT2D eigenvalue weighted by Crippen LogP contribution is -2.19. The van der Waals surface area contributed by atoms with E-state index in [0.29, 0.717) is 10.1 Å². The van der Waals surface area contributed by atoms with Crippen molar-refractivity contribution in [3.05, 3.63) is 69.9 Å². The van der Waals surface area contributed by atoms with Crippen LogP contribution in [0, 0.1) is 19.7 Å². The Morgan fingerprint density at radius 2 is 1.87 bits per heavy atom. The van der Waals surface area contributed by atoms with Crippen molar-refractivity contribution < 1.29 is 9.18 Å². The molecule has 0 atom stereocenters. The molecule has 1 N–H and O–H groups in total. The van der Waals surface area contributed by atoms with Crippen LogP contribution in [0.1, 0.15) is 16.7 Å². The number of halogens is 1. The Hall–Kier alpha value is -2.40. The molecule has 2 aromatic rings. The fourth-order valence-electron chi connectivity index (χ4n) is 2.14. The predicted molar refractivity (Wildman–Crippen MR) is 93.1 cm³/mol. The molecule has 1 amide bonds. The molecule has 3 rings (SSSR count). The van der Waals surface area contributed by atoms with Gasteiger partial charge in [0, 0.05) is 0 Å². The number of thioether (sulfide) groups is 1. The normalized spacial score (nSPS) is 17.8. The molecule has 0 bridgehead atoms. The minimum atomic E-state index is -0.298. The molecule has 0 unspecified atom stereocenters. The molecule has 1 aliphatic heterocycles. The van der Waals surface area contributed by atoms with Crippen molar-refractivity contribution >= 4 is 34.6 Å². The van der Waals surface area contributed by atoms with E-state index in [1.54, 1.807) is 18.2 Å². The van der Waals surface area contributed by atoms with Gasteiger partial charge in [0.2, 0.25) is 0 Å². The van der Waals surface area contributed by atoms with Crippen molar-refractivity contribution in [3.8, 4) is 0 Å². The first-order chi connectivity index (χ1) is 11.0. The number of hydrogen-bond acceptors (Lipinski definition) is 3. The number of carbonyl (C=O) groups excluding carboxylic acids is 1. The second-order valence-electron chi connectivity index (χ2n) is 5.32. The Morgan fingerprint density at radius 3 is 2.61 bits per heavy atom. The summed E-state index contributed by atoms with van der Waals surface area (Å²) in [4.78, 5) is 17.1. The Balaban J connectivity index is 1.86. The van der Waals surface area contributed by atoms with Gasteiger partial charge < -0.3 is 5.32 Å². The highest BCUT2D eigenvalue weighted by Crippen LogP contribution is 2.29. The average molecular weight is 326 g/mol. The van der Waals surface area contributed by atoms with Gasteiger partial charge in [0.1, 0.15) is 5.82 Å². The van der Waals surface area contributed by atoms with Gasteiger partial charge in [-0.2, -0.15) is 0 Å². The number of hydrogen-bond donors (Lipinski definition) is 1. The number of aliphatic imine (C=N–C) groups is 1. The van der Waals surface area contributed by atoms with E-state index in [4.69, 9.17) is 0 Å². The largest absolute Gasteiger partial charge is 0.300 e. The maximum atomic E-state index is 12.9. The first kappa shape index (κ1) is 15.5. The third-order valence-electron chi connectivity index (χ3n) is 3.41. The van der Waals surface area contributed by atoms with Crippen LogP contribution in [0.3, 0.4) is 0 Å². The van der Waals surface area contributed by atoms with Crippen molar-refractivity contribution in [2.24, 2.45) is 4.99 Å². The van der Waals surface area contributed by atoms with Crippen LogP contribution < -0.4 is 5.32 Å². The van der Waals surface area contributed by atoms with Gasteiger partial charge in [0.15, 0.2) is 5.17 Å². The lowest BCUT2D eigenvalue weighted by molar-refractivity contribution is -0.115. The fraction of sp³-hybridized carbons (Fsp3) is 0.111. The number of benzene rings is 2. The minimum absolute atomic E-state index is 0.191. The molecule has 2 aromatic carbocycles. The van der Waals surface area contributed by atoms with Crippen molar-refractivity contribution in [2.45, 2.75) is 13.8 Å². The van der Waals surface area contributed by atoms with E-state index < -0.39 is 0 Å². The van der Waals surface area contributed by atoms with Gasteiger partial charge >= 0.3 is 0 Å². The Kier molecular flexibility index (Phi) is 4.30. The zero-order valence-corrected chi connectivity index (χ0v) is 13.6. The summed E-state index contributed by atoms with van der Waals surface area (Å²) in [5, 5.41) is 3.32. The Labute approximate surface area is 138 Å². The number of nitrogens with one attached hydrogen (secondary N) is 1. The van der Waals surface area contributed by atoms with Crippen molar-refractivity contribution in [2.75, 3.05) is 0 Å². The summed E-state index contributed by atoms with van der Waals surface area (Å²) in [6.07, 6.45) is 1.73. The molecule has 1 fully saturated rings. The highest BCUT2D eigenvalue weighted by Gasteiger charge is 2.23. The van der Waals surface area contributed by atoms with Crippen LogP contribution in [0.4, 0.5) is 10.1 Å². The minimum Gasteiger partial charge on any atom is -0.300 e. The predicted octanol–water partition coefficient (Wildman–Crippen LogP) is 4.33. The maximum absolute atomic E-state index is 12.9. The quantitative estimate of drug-likeness (QED) is 0.834. The van der Waals surface area contributed by atoms with Gasteiger partial charge in [-0.15, -0.1) is 0 Å². The molecule has 0 aromatic heterocycles. The van der Waals surface area contributed by atoms with E-state index in [1.807, 2.05) is 32.0 Å². The van der Waals surface area contributed by atoms with Crippen LogP contribution in [-0.2, 0) is 4.79 Å². The van der Waals surface area contributed by atoms with E-state index in [1.165, 1.54) is 23.9 Å². The molecule has 1 aliphatic rings. The number of nitrogens with zero attached hydrogens (tertiary/aromatic N) is 1. The molecular formula is C18H15FN2OS. The maximum Gasteiger partial charge on any atom is 0.264 e. The highest BCUT2D eigenvalue weighted by molar-refractivity contribution is 8.18. The van der Waals surface area contributed by atoms with E-state index in [0.717, 1.165) is 22.4 Å². The van der Waals surface area contributed by atoms with Crippen LogP contribution in [0.15, 0.2) is 52.4 Å². The average Bonchev–Trinajstić information content (AvgIpc) is 2.85. The first-order valence-electron chi connectivity index (χ1n) is 7.14. The van der Waals surface area contributed by atoms with Crippen LogP contribution in [-0.4, -0.2) is 11.1 Å². The molecule has 0 spiro atoms. The molecule has 0 aliphatic carbocycles. The molecule has 23 heavy (non-hydrogen) atoms. The van der Waals surface area contributed by atoms with Crippen LogP contribution in [0.25, 0.3) is 6.08 Å². The lowest BCUT2D eigenvalue weighted by atomic mass is 10.1. The standard InChI is InChI=1S/C18H15FN2OS/c1-11-3-4-12(2)15(9-11)20-18-21-17(22)16(23-18)10-13-5-7-14(19)8-6-13/h3-10H,1-2H3,(H,20,21,22)/b16-10+. The Bertz CT molecular complexity index is 825. The smallest absolute Gasteiger partial charge is 0.264 e. The topological polar surface area (TPSA) is 41.5 Å². The van der Waals surface area contributed by atoms with Crippen LogP contribution in [0.2, 0.25) is 0 Å². The number of amides is 1. The number of rotatable bonds is 2. The number of aryl methyl sites for hydroxylation is 2. The van der Waals surface area contributed by atoms with Gasteiger partial charge in [0.25, 0.3) is 5.91 Å². The molecule has 5 heteroatoms. The summed E-state index contributed by atoms with van der Waals surface area (Å²) in [7, 11) is 0. The third kappa shape index (κ3) is 3.68. The van der Waals surface area contributed by atoms with Crippen molar-refractivity contribution in [3.63, 3.8) is 0 Å². The van der Waals surface area contributed by atoms with Gasteiger partial charge in [-0.1, -0.05) is 24.3 Å². The van der Waals surface area contributed by atoms with E-state index in [2.05, 4.69) is 10.3 Å².